The molecule has 0 bridgehead atoms. The molecule has 5 heteroatoms. The smallest absolute Gasteiger partial charge is 0.255 e. The van der Waals surface area contributed by atoms with E-state index in [1.54, 1.807) is 37.6 Å². The number of hydrogen-bond acceptors (Lipinski definition) is 4. The predicted molar refractivity (Wildman–Crippen MR) is 88.6 cm³/mol. The Balaban J connectivity index is 2.05. The number of amides is 1. The summed E-state index contributed by atoms with van der Waals surface area (Å²) in [5, 5.41) is 6.08. The predicted octanol–water partition coefficient (Wildman–Crippen LogP) is 3.55. The zero-order valence-corrected chi connectivity index (χ0v) is 13.3. The van der Waals surface area contributed by atoms with E-state index in [1.165, 1.54) is 0 Å². The maximum atomic E-state index is 12.2. The number of methoxy groups -OCH3 is 1. The van der Waals surface area contributed by atoms with E-state index in [2.05, 4.69) is 36.4 Å². The monoisotopic (exact) mass is 299 g/mol. The van der Waals surface area contributed by atoms with Gasteiger partial charge >= 0.3 is 0 Å². The van der Waals surface area contributed by atoms with Crippen LogP contribution in [0.4, 0.5) is 11.5 Å². The van der Waals surface area contributed by atoms with Gasteiger partial charge in [0.2, 0.25) is 0 Å². The van der Waals surface area contributed by atoms with Crippen molar-refractivity contribution < 1.29 is 9.53 Å². The molecule has 0 aliphatic rings. The lowest BCUT2D eigenvalue weighted by molar-refractivity contribution is 0.102. The highest BCUT2D eigenvalue weighted by molar-refractivity contribution is 6.04. The molecule has 2 N–H and O–H groups in total. The van der Waals surface area contributed by atoms with Crippen LogP contribution in [0, 0.1) is 0 Å². The number of carbonyl (C=O) groups is 1. The lowest BCUT2D eigenvalue weighted by atomic mass is 10.1. The molecule has 1 aromatic carbocycles. The zero-order chi connectivity index (χ0) is 16.2. The molecule has 116 valence electrons. The van der Waals surface area contributed by atoms with Crippen LogP contribution in [0.5, 0.6) is 5.75 Å². The van der Waals surface area contributed by atoms with Crippen molar-refractivity contribution in [2.45, 2.75) is 26.3 Å². The number of hydrogen-bond donors (Lipinski definition) is 2. The minimum absolute atomic E-state index is 0.0572. The molecule has 0 aliphatic carbocycles. The van der Waals surface area contributed by atoms with Gasteiger partial charge in [-0.15, -0.1) is 0 Å². The molecule has 22 heavy (non-hydrogen) atoms. The molecule has 0 fully saturated rings. The summed E-state index contributed by atoms with van der Waals surface area (Å²) in [6.07, 6.45) is 1.63. The van der Waals surface area contributed by atoms with Gasteiger partial charge < -0.3 is 15.4 Å². The number of nitrogens with one attached hydrogen (secondary N) is 2. The molecule has 0 unspecified atom stereocenters. The summed E-state index contributed by atoms with van der Waals surface area (Å²) < 4.78 is 5.12. The fourth-order valence-corrected chi connectivity index (χ4v) is 1.89. The maximum absolute atomic E-state index is 12.2. The van der Waals surface area contributed by atoms with E-state index in [-0.39, 0.29) is 11.4 Å². The van der Waals surface area contributed by atoms with Gasteiger partial charge in [-0.2, -0.15) is 0 Å². The molecule has 0 saturated carbocycles. The topological polar surface area (TPSA) is 63.2 Å². The van der Waals surface area contributed by atoms with Gasteiger partial charge in [-0.1, -0.05) is 6.07 Å². The average Bonchev–Trinajstić information content (AvgIpc) is 2.48. The second-order valence-electron chi connectivity index (χ2n) is 5.99. The molecule has 2 rings (SSSR count). The number of nitrogens with zero attached hydrogens (tertiary/aromatic N) is 1. The number of carbonyl (C=O) groups excluding carboxylic acids is 1. The van der Waals surface area contributed by atoms with Crippen LogP contribution >= 0.6 is 0 Å². The van der Waals surface area contributed by atoms with Crippen LogP contribution < -0.4 is 15.4 Å². The molecule has 2 aromatic rings. The van der Waals surface area contributed by atoms with Gasteiger partial charge in [0.05, 0.1) is 19.0 Å². The Morgan fingerprint density at radius 3 is 2.55 bits per heavy atom. The molecular formula is C17H21N3O2. The van der Waals surface area contributed by atoms with Crippen LogP contribution in [0.3, 0.4) is 0 Å². The molecule has 1 heterocycles. The third-order valence-corrected chi connectivity index (χ3v) is 2.86. The highest BCUT2D eigenvalue weighted by Crippen LogP contribution is 2.17. The first-order valence-corrected chi connectivity index (χ1v) is 7.07. The Labute approximate surface area is 130 Å². The summed E-state index contributed by atoms with van der Waals surface area (Å²) in [6, 6.07) is 10.7. The SMILES string of the molecule is COc1cccc(C(=O)Nc2ccc(NC(C)(C)C)nc2)c1. The van der Waals surface area contributed by atoms with Crippen molar-refractivity contribution in [2.24, 2.45) is 0 Å². The highest BCUT2D eigenvalue weighted by atomic mass is 16.5. The van der Waals surface area contributed by atoms with Gasteiger partial charge in [0.1, 0.15) is 11.6 Å². The lowest BCUT2D eigenvalue weighted by Crippen LogP contribution is -2.26. The van der Waals surface area contributed by atoms with Crippen molar-refractivity contribution in [2.75, 3.05) is 17.7 Å². The molecule has 1 amide bonds. The van der Waals surface area contributed by atoms with Crippen molar-refractivity contribution >= 4 is 17.4 Å². The Morgan fingerprint density at radius 1 is 1.18 bits per heavy atom. The van der Waals surface area contributed by atoms with Crippen molar-refractivity contribution in [3.63, 3.8) is 0 Å². The minimum Gasteiger partial charge on any atom is -0.497 e. The Morgan fingerprint density at radius 2 is 1.95 bits per heavy atom. The van der Waals surface area contributed by atoms with E-state index < -0.39 is 0 Å². The second-order valence-corrected chi connectivity index (χ2v) is 5.99. The van der Waals surface area contributed by atoms with Crippen LogP contribution in [0.25, 0.3) is 0 Å². The van der Waals surface area contributed by atoms with Crippen LogP contribution in [0.1, 0.15) is 31.1 Å². The van der Waals surface area contributed by atoms with Gasteiger partial charge in [0, 0.05) is 11.1 Å². The van der Waals surface area contributed by atoms with Gasteiger partial charge in [-0.05, 0) is 51.1 Å². The van der Waals surface area contributed by atoms with Gasteiger partial charge in [-0.25, -0.2) is 4.98 Å². The molecule has 0 atom stereocenters. The fraction of sp³-hybridized carbons (Fsp3) is 0.294. The van der Waals surface area contributed by atoms with Crippen LogP contribution in [0.2, 0.25) is 0 Å². The molecule has 0 radical (unpaired) electrons. The Bertz CT molecular complexity index is 646. The van der Waals surface area contributed by atoms with Gasteiger partial charge in [0.15, 0.2) is 0 Å². The summed E-state index contributed by atoms with van der Waals surface area (Å²) in [5.41, 5.74) is 1.13. The number of benzene rings is 1. The number of rotatable bonds is 4. The van der Waals surface area contributed by atoms with Crippen LogP contribution in [0.15, 0.2) is 42.6 Å². The number of ether oxygens (including phenoxy) is 1. The van der Waals surface area contributed by atoms with E-state index in [4.69, 9.17) is 4.74 Å². The van der Waals surface area contributed by atoms with Crippen molar-refractivity contribution in [3.05, 3.63) is 48.2 Å². The molecule has 0 spiro atoms. The second kappa shape index (κ2) is 6.47. The summed E-state index contributed by atoms with van der Waals surface area (Å²) >= 11 is 0. The minimum atomic E-state index is -0.197. The maximum Gasteiger partial charge on any atom is 0.255 e. The Kier molecular flexibility index (Phi) is 4.65. The standard InChI is InChI=1S/C17H21N3O2/c1-17(2,3)20-15-9-8-13(11-18-15)19-16(21)12-6-5-7-14(10-12)22-4/h5-11H,1-4H3,(H,18,20)(H,19,21). The third-order valence-electron chi connectivity index (χ3n) is 2.86. The zero-order valence-electron chi connectivity index (χ0n) is 13.3. The number of aromatic nitrogens is 1. The summed E-state index contributed by atoms with van der Waals surface area (Å²) in [7, 11) is 1.57. The molecule has 1 aromatic heterocycles. The van der Waals surface area contributed by atoms with E-state index in [1.807, 2.05) is 12.1 Å². The average molecular weight is 299 g/mol. The Hall–Kier alpha value is -2.56. The summed E-state index contributed by atoms with van der Waals surface area (Å²) in [5.74, 6) is 1.22. The summed E-state index contributed by atoms with van der Waals surface area (Å²) in [4.78, 5) is 16.5. The highest BCUT2D eigenvalue weighted by Gasteiger charge is 2.11. The lowest BCUT2D eigenvalue weighted by Gasteiger charge is -2.21. The van der Waals surface area contributed by atoms with Crippen LogP contribution in [-0.4, -0.2) is 23.5 Å². The summed E-state index contributed by atoms with van der Waals surface area (Å²) in [6.45, 7) is 6.19. The first-order chi connectivity index (χ1) is 10.4. The van der Waals surface area contributed by atoms with Gasteiger partial charge in [-0.3, -0.25) is 4.79 Å². The van der Waals surface area contributed by atoms with Crippen LogP contribution in [-0.2, 0) is 0 Å². The molecule has 0 aliphatic heterocycles. The van der Waals surface area contributed by atoms with E-state index in [0.717, 1.165) is 5.82 Å². The first-order valence-electron chi connectivity index (χ1n) is 7.07. The quantitative estimate of drug-likeness (QED) is 0.906. The normalized spacial score (nSPS) is 10.9. The molecule has 0 saturated heterocycles. The molecule has 5 nitrogen and oxygen atoms in total. The van der Waals surface area contributed by atoms with Crippen molar-refractivity contribution in [1.82, 2.24) is 4.98 Å². The third kappa shape index (κ3) is 4.48. The largest absolute Gasteiger partial charge is 0.497 e. The number of pyridine rings is 1. The molecular weight excluding hydrogens is 278 g/mol. The first kappa shape index (κ1) is 15.8. The number of anilines is 2. The van der Waals surface area contributed by atoms with Crippen molar-refractivity contribution in [3.8, 4) is 5.75 Å². The van der Waals surface area contributed by atoms with Crippen molar-refractivity contribution in [1.29, 1.82) is 0 Å². The fourth-order valence-electron chi connectivity index (χ4n) is 1.89. The van der Waals surface area contributed by atoms with E-state index >= 15 is 0 Å². The van der Waals surface area contributed by atoms with Gasteiger partial charge in [0.25, 0.3) is 5.91 Å². The van der Waals surface area contributed by atoms with E-state index in [9.17, 15) is 4.79 Å². The van der Waals surface area contributed by atoms with E-state index in [0.29, 0.717) is 17.0 Å².